The van der Waals surface area contributed by atoms with Crippen LogP contribution in [0.2, 0.25) is 0 Å². The van der Waals surface area contributed by atoms with Gasteiger partial charge in [-0.1, -0.05) is 24.3 Å². The van der Waals surface area contributed by atoms with Gasteiger partial charge >= 0.3 is 0 Å². The first kappa shape index (κ1) is 16.5. The molecule has 124 valence electrons. The summed E-state index contributed by atoms with van der Waals surface area (Å²) in [5.41, 5.74) is 3.21. The van der Waals surface area contributed by atoms with Crippen LogP contribution < -0.4 is 10.1 Å². The highest BCUT2D eigenvalue weighted by molar-refractivity contribution is 7.80. The fourth-order valence-electron chi connectivity index (χ4n) is 2.68. The van der Waals surface area contributed by atoms with Crippen LogP contribution in [-0.4, -0.2) is 30.2 Å². The average Bonchev–Trinajstić information content (AvgIpc) is 2.62. The Morgan fingerprint density at radius 2 is 2.00 bits per heavy atom. The Morgan fingerprint density at radius 1 is 1.21 bits per heavy atom. The molecule has 0 radical (unpaired) electrons. The lowest BCUT2D eigenvalue weighted by Gasteiger charge is -2.29. The fraction of sp³-hybridized carbons (Fsp3) is 0.211. The minimum Gasteiger partial charge on any atom is -0.497 e. The Bertz CT molecular complexity index is 758. The Hall–Kier alpha value is -2.40. The quantitative estimate of drug-likeness (QED) is 0.840. The van der Waals surface area contributed by atoms with Crippen LogP contribution in [0, 0.1) is 5.82 Å². The predicted octanol–water partition coefficient (Wildman–Crippen LogP) is 4.32. The van der Waals surface area contributed by atoms with Crippen LogP contribution in [0.3, 0.4) is 0 Å². The minimum absolute atomic E-state index is 0.208. The van der Waals surface area contributed by atoms with E-state index in [1.807, 2.05) is 36.4 Å². The fourth-order valence-corrected chi connectivity index (χ4v) is 2.97. The normalized spacial score (nSPS) is 14.1. The van der Waals surface area contributed by atoms with Crippen molar-refractivity contribution in [3.05, 3.63) is 66.0 Å². The van der Waals surface area contributed by atoms with Gasteiger partial charge < -0.3 is 15.0 Å². The van der Waals surface area contributed by atoms with Gasteiger partial charge in [0.2, 0.25) is 0 Å². The number of ether oxygens (including phenoxy) is 1. The predicted molar refractivity (Wildman–Crippen MR) is 99.8 cm³/mol. The smallest absolute Gasteiger partial charge is 0.173 e. The van der Waals surface area contributed by atoms with Crippen molar-refractivity contribution in [3.63, 3.8) is 0 Å². The molecule has 2 aromatic carbocycles. The van der Waals surface area contributed by atoms with E-state index in [2.05, 4.69) is 16.3 Å². The second-order valence-corrected chi connectivity index (χ2v) is 5.98. The maximum atomic E-state index is 13.0. The summed E-state index contributed by atoms with van der Waals surface area (Å²) in [6, 6.07) is 14.3. The molecule has 2 aromatic rings. The molecule has 24 heavy (non-hydrogen) atoms. The largest absolute Gasteiger partial charge is 0.497 e. The minimum atomic E-state index is -0.208. The van der Waals surface area contributed by atoms with Gasteiger partial charge in [0.1, 0.15) is 11.6 Å². The first-order valence-corrected chi connectivity index (χ1v) is 8.21. The van der Waals surface area contributed by atoms with Crippen molar-refractivity contribution in [2.45, 2.75) is 6.42 Å². The van der Waals surface area contributed by atoms with Gasteiger partial charge in [-0.25, -0.2) is 4.39 Å². The highest BCUT2D eigenvalue weighted by atomic mass is 32.1. The summed E-state index contributed by atoms with van der Waals surface area (Å²) in [5, 5.41) is 3.94. The zero-order valence-corrected chi connectivity index (χ0v) is 14.3. The Labute approximate surface area is 146 Å². The lowest BCUT2D eigenvalue weighted by molar-refractivity contribution is 0.415. The van der Waals surface area contributed by atoms with Gasteiger partial charge in [0, 0.05) is 24.8 Å². The number of nitrogens with one attached hydrogen (secondary N) is 1. The molecule has 0 amide bonds. The number of halogens is 1. The van der Waals surface area contributed by atoms with Gasteiger partial charge in [-0.15, -0.1) is 0 Å². The number of nitrogens with zero attached hydrogens (tertiary/aromatic N) is 1. The maximum Gasteiger partial charge on any atom is 0.173 e. The van der Waals surface area contributed by atoms with E-state index in [1.165, 1.54) is 17.7 Å². The van der Waals surface area contributed by atoms with Crippen molar-refractivity contribution < 1.29 is 9.13 Å². The monoisotopic (exact) mass is 342 g/mol. The molecule has 0 aromatic heterocycles. The van der Waals surface area contributed by atoms with Gasteiger partial charge in [-0.05, 0) is 54.0 Å². The van der Waals surface area contributed by atoms with E-state index in [9.17, 15) is 4.39 Å². The molecule has 0 atom stereocenters. The second-order valence-electron chi connectivity index (χ2n) is 5.59. The zero-order valence-electron chi connectivity index (χ0n) is 13.5. The van der Waals surface area contributed by atoms with Crippen LogP contribution in [0.5, 0.6) is 5.75 Å². The van der Waals surface area contributed by atoms with Crippen molar-refractivity contribution >= 4 is 28.6 Å². The summed E-state index contributed by atoms with van der Waals surface area (Å²) in [6.45, 7) is 1.57. The Kier molecular flexibility index (Phi) is 5.11. The standard InChI is InChI=1S/C19H19FN2OS/c1-23-18-4-2-3-17(13-18)21-19(24)22-11-9-15(10-12-22)14-5-7-16(20)8-6-14/h2-9,13H,10-12H2,1H3,(H,21,24). The van der Waals surface area contributed by atoms with Crippen molar-refractivity contribution in [1.82, 2.24) is 4.90 Å². The highest BCUT2D eigenvalue weighted by Crippen LogP contribution is 2.23. The van der Waals surface area contributed by atoms with Crippen LogP contribution in [0.15, 0.2) is 54.6 Å². The molecular formula is C19H19FN2OS. The summed E-state index contributed by atoms with van der Waals surface area (Å²) < 4.78 is 18.2. The number of methoxy groups -OCH3 is 1. The molecule has 0 saturated carbocycles. The number of rotatable bonds is 3. The topological polar surface area (TPSA) is 24.5 Å². The average molecular weight is 342 g/mol. The maximum absolute atomic E-state index is 13.0. The van der Waals surface area contributed by atoms with E-state index in [-0.39, 0.29) is 5.82 Å². The lowest BCUT2D eigenvalue weighted by Crippen LogP contribution is -2.37. The third kappa shape index (κ3) is 3.92. The van der Waals surface area contributed by atoms with E-state index < -0.39 is 0 Å². The molecule has 3 rings (SSSR count). The van der Waals surface area contributed by atoms with E-state index in [0.29, 0.717) is 5.11 Å². The lowest BCUT2D eigenvalue weighted by atomic mass is 10.00. The van der Waals surface area contributed by atoms with Crippen molar-refractivity contribution in [2.24, 2.45) is 0 Å². The van der Waals surface area contributed by atoms with Crippen molar-refractivity contribution in [2.75, 3.05) is 25.5 Å². The third-order valence-corrected chi connectivity index (χ3v) is 4.39. The number of thiocarbonyl (C=S) groups is 1. The molecule has 0 unspecified atom stereocenters. The molecule has 0 fully saturated rings. The first-order chi connectivity index (χ1) is 11.7. The second kappa shape index (κ2) is 7.45. The molecule has 3 nitrogen and oxygen atoms in total. The summed E-state index contributed by atoms with van der Waals surface area (Å²) >= 11 is 5.50. The summed E-state index contributed by atoms with van der Waals surface area (Å²) in [5.74, 6) is 0.584. The third-order valence-electron chi connectivity index (χ3n) is 4.03. The molecule has 1 aliphatic rings. The van der Waals surface area contributed by atoms with Gasteiger partial charge in [-0.3, -0.25) is 0 Å². The number of benzene rings is 2. The molecule has 1 aliphatic heterocycles. The van der Waals surface area contributed by atoms with E-state index in [1.54, 1.807) is 7.11 Å². The van der Waals surface area contributed by atoms with Crippen molar-refractivity contribution in [1.29, 1.82) is 0 Å². The first-order valence-electron chi connectivity index (χ1n) is 7.80. The van der Waals surface area contributed by atoms with Crippen LogP contribution in [-0.2, 0) is 0 Å². The molecule has 1 N–H and O–H groups in total. The van der Waals surface area contributed by atoms with Crippen LogP contribution in [0.4, 0.5) is 10.1 Å². The molecule has 0 bridgehead atoms. The van der Waals surface area contributed by atoms with Crippen LogP contribution in [0.1, 0.15) is 12.0 Å². The van der Waals surface area contributed by atoms with Gasteiger partial charge in [-0.2, -0.15) is 0 Å². The Balaban J connectivity index is 1.63. The van der Waals surface area contributed by atoms with Crippen LogP contribution >= 0.6 is 12.2 Å². The molecular weight excluding hydrogens is 323 g/mol. The molecule has 5 heteroatoms. The highest BCUT2D eigenvalue weighted by Gasteiger charge is 2.15. The number of hydrogen-bond acceptors (Lipinski definition) is 2. The van der Waals surface area contributed by atoms with Crippen molar-refractivity contribution in [3.8, 4) is 5.75 Å². The summed E-state index contributed by atoms with van der Waals surface area (Å²) in [4.78, 5) is 2.11. The molecule has 0 spiro atoms. The summed E-state index contributed by atoms with van der Waals surface area (Å²) in [7, 11) is 1.64. The summed E-state index contributed by atoms with van der Waals surface area (Å²) in [6.07, 6.45) is 3.03. The molecule has 1 heterocycles. The SMILES string of the molecule is COc1cccc(NC(=S)N2CC=C(c3ccc(F)cc3)CC2)c1. The van der Waals surface area contributed by atoms with Gasteiger partial charge in [0.15, 0.2) is 5.11 Å². The van der Waals surface area contributed by atoms with E-state index >= 15 is 0 Å². The molecule has 0 aliphatic carbocycles. The van der Waals surface area contributed by atoms with E-state index in [4.69, 9.17) is 17.0 Å². The van der Waals surface area contributed by atoms with Gasteiger partial charge in [0.05, 0.1) is 7.11 Å². The Morgan fingerprint density at radius 3 is 2.67 bits per heavy atom. The molecule has 0 saturated heterocycles. The number of hydrogen-bond donors (Lipinski definition) is 1. The zero-order chi connectivity index (χ0) is 16.9. The van der Waals surface area contributed by atoms with Gasteiger partial charge in [0.25, 0.3) is 0 Å². The number of anilines is 1. The van der Waals surface area contributed by atoms with E-state index in [0.717, 1.165) is 36.5 Å². The van der Waals surface area contributed by atoms with Crippen LogP contribution in [0.25, 0.3) is 5.57 Å².